The summed E-state index contributed by atoms with van der Waals surface area (Å²) < 4.78 is 5.44. The second-order valence-corrected chi connectivity index (χ2v) is 7.00. The van der Waals surface area contributed by atoms with E-state index in [1.165, 1.54) is 10.5 Å². The lowest BCUT2D eigenvalue weighted by molar-refractivity contribution is 0.0292. The summed E-state index contributed by atoms with van der Waals surface area (Å²) in [5.41, 5.74) is 0.929. The smallest absolute Gasteiger partial charge is 0.410 e. The Morgan fingerprint density at radius 2 is 2.05 bits per heavy atom. The van der Waals surface area contributed by atoms with Crippen molar-refractivity contribution in [2.45, 2.75) is 43.6 Å². The van der Waals surface area contributed by atoms with Crippen LogP contribution in [0.25, 0.3) is 0 Å². The summed E-state index contributed by atoms with van der Waals surface area (Å²) >= 11 is 1.77. The van der Waals surface area contributed by atoms with E-state index in [-0.39, 0.29) is 6.09 Å². The predicted octanol–water partition coefficient (Wildman–Crippen LogP) is 4.13. The van der Waals surface area contributed by atoms with E-state index in [2.05, 4.69) is 30.5 Å². The number of likely N-dealkylation sites (tertiary alicyclic amines) is 1. The van der Waals surface area contributed by atoms with E-state index >= 15 is 0 Å². The van der Waals surface area contributed by atoms with Gasteiger partial charge in [-0.25, -0.2) is 4.79 Å². The summed E-state index contributed by atoms with van der Waals surface area (Å²) in [6.07, 6.45) is 2.91. The van der Waals surface area contributed by atoms with Gasteiger partial charge < -0.3 is 9.64 Å². The van der Waals surface area contributed by atoms with Crippen molar-refractivity contribution in [3.05, 3.63) is 29.8 Å². The van der Waals surface area contributed by atoms with Crippen molar-refractivity contribution in [3.8, 4) is 0 Å². The number of ether oxygens (including phenoxy) is 1. The number of carbonyl (C=O) groups excluding carboxylic acids is 1. The van der Waals surface area contributed by atoms with Crippen molar-refractivity contribution in [2.24, 2.45) is 0 Å². The Bertz CT molecular complexity index is 482. The first-order valence-electron chi connectivity index (χ1n) is 7.01. The summed E-state index contributed by atoms with van der Waals surface area (Å²) in [6.45, 7) is 7.25. The highest BCUT2D eigenvalue weighted by Gasteiger charge is 2.31. The van der Waals surface area contributed by atoms with Crippen molar-refractivity contribution in [1.29, 1.82) is 0 Å². The zero-order valence-corrected chi connectivity index (χ0v) is 13.5. The zero-order valence-electron chi connectivity index (χ0n) is 12.7. The minimum absolute atomic E-state index is 0.193. The number of benzene rings is 1. The molecule has 110 valence electrons. The molecule has 0 aliphatic carbocycles. The first kappa shape index (κ1) is 15.2. The molecular weight excluding hydrogens is 270 g/mol. The van der Waals surface area contributed by atoms with E-state index in [4.69, 9.17) is 4.74 Å². The van der Waals surface area contributed by atoms with Crippen molar-refractivity contribution in [2.75, 3.05) is 19.3 Å². The standard InChI is InChI=1S/C16H23NO2S/c1-16(2,3)19-15(18)17-10-9-12(11-17)13-7-5-6-8-14(13)20-4/h5-8,12H,9-11H2,1-4H3. The van der Waals surface area contributed by atoms with E-state index < -0.39 is 5.60 Å². The van der Waals surface area contributed by atoms with Gasteiger partial charge in [-0.3, -0.25) is 0 Å². The second kappa shape index (κ2) is 6.08. The molecule has 1 aromatic rings. The monoisotopic (exact) mass is 293 g/mol. The maximum Gasteiger partial charge on any atom is 0.410 e. The molecule has 0 saturated carbocycles. The van der Waals surface area contributed by atoms with E-state index in [1.807, 2.05) is 25.7 Å². The van der Waals surface area contributed by atoms with Gasteiger partial charge in [0.15, 0.2) is 0 Å². The molecule has 1 fully saturated rings. The van der Waals surface area contributed by atoms with Gasteiger partial charge in [-0.05, 0) is 45.1 Å². The Hall–Kier alpha value is -1.16. The Labute approximate surface area is 125 Å². The fourth-order valence-electron chi connectivity index (χ4n) is 2.51. The average molecular weight is 293 g/mol. The minimum Gasteiger partial charge on any atom is -0.444 e. The van der Waals surface area contributed by atoms with E-state index in [9.17, 15) is 4.79 Å². The maximum absolute atomic E-state index is 12.1. The highest BCUT2D eigenvalue weighted by Crippen LogP contribution is 2.33. The number of thioether (sulfide) groups is 1. The van der Waals surface area contributed by atoms with Gasteiger partial charge in [0.25, 0.3) is 0 Å². The first-order valence-corrected chi connectivity index (χ1v) is 8.24. The van der Waals surface area contributed by atoms with Crippen LogP contribution in [-0.2, 0) is 4.74 Å². The van der Waals surface area contributed by atoms with Crippen LogP contribution in [0.1, 0.15) is 38.7 Å². The number of rotatable bonds is 2. The fourth-order valence-corrected chi connectivity index (χ4v) is 3.20. The molecule has 2 rings (SSSR count). The number of carbonyl (C=O) groups is 1. The number of amides is 1. The third kappa shape index (κ3) is 3.69. The topological polar surface area (TPSA) is 29.5 Å². The normalized spacial score (nSPS) is 19.2. The van der Waals surface area contributed by atoms with Gasteiger partial charge in [0.1, 0.15) is 5.60 Å². The predicted molar refractivity (Wildman–Crippen MR) is 83.4 cm³/mol. The molecular formula is C16H23NO2S. The van der Waals surface area contributed by atoms with Gasteiger partial charge in [-0.1, -0.05) is 18.2 Å². The lowest BCUT2D eigenvalue weighted by atomic mass is 9.98. The molecule has 1 amide bonds. The van der Waals surface area contributed by atoms with Gasteiger partial charge >= 0.3 is 6.09 Å². The quantitative estimate of drug-likeness (QED) is 0.768. The fraction of sp³-hybridized carbons (Fsp3) is 0.562. The van der Waals surface area contributed by atoms with E-state index in [0.717, 1.165) is 19.5 Å². The number of nitrogens with zero attached hydrogens (tertiary/aromatic N) is 1. The molecule has 1 saturated heterocycles. The number of hydrogen-bond acceptors (Lipinski definition) is 3. The summed E-state index contributed by atoms with van der Waals surface area (Å²) in [5, 5.41) is 0. The molecule has 1 aliphatic rings. The van der Waals surface area contributed by atoms with Crippen LogP contribution < -0.4 is 0 Å². The highest BCUT2D eigenvalue weighted by molar-refractivity contribution is 7.98. The van der Waals surface area contributed by atoms with Crippen LogP contribution in [-0.4, -0.2) is 35.9 Å². The molecule has 1 unspecified atom stereocenters. The van der Waals surface area contributed by atoms with Crippen LogP contribution in [0.3, 0.4) is 0 Å². The van der Waals surface area contributed by atoms with Gasteiger partial charge in [0, 0.05) is 23.9 Å². The minimum atomic E-state index is -0.424. The molecule has 0 N–H and O–H groups in total. The lowest BCUT2D eigenvalue weighted by Gasteiger charge is -2.24. The Kier molecular flexibility index (Phi) is 4.63. The Morgan fingerprint density at radius 1 is 1.35 bits per heavy atom. The van der Waals surface area contributed by atoms with Crippen LogP contribution in [0.4, 0.5) is 4.79 Å². The van der Waals surface area contributed by atoms with Crippen LogP contribution in [0.15, 0.2) is 29.2 Å². The molecule has 0 aromatic heterocycles. The Morgan fingerprint density at radius 3 is 2.70 bits per heavy atom. The van der Waals surface area contributed by atoms with E-state index in [1.54, 1.807) is 11.8 Å². The van der Waals surface area contributed by atoms with Crippen molar-refractivity contribution in [3.63, 3.8) is 0 Å². The van der Waals surface area contributed by atoms with E-state index in [0.29, 0.717) is 5.92 Å². The largest absolute Gasteiger partial charge is 0.444 e. The molecule has 0 spiro atoms. The van der Waals surface area contributed by atoms with Crippen LogP contribution in [0, 0.1) is 0 Å². The lowest BCUT2D eigenvalue weighted by Crippen LogP contribution is -2.35. The molecule has 1 heterocycles. The summed E-state index contributed by atoms with van der Waals surface area (Å²) in [4.78, 5) is 15.2. The van der Waals surface area contributed by atoms with Crippen LogP contribution in [0.5, 0.6) is 0 Å². The summed E-state index contributed by atoms with van der Waals surface area (Å²) in [5.74, 6) is 0.422. The third-order valence-corrected chi connectivity index (χ3v) is 4.23. The summed E-state index contributed by atoms with van der Waals surface area (Å²) in [6, 6.07) is 8.46. The van der Waals surface area contributed by atoms with Crippen molar-refractivity contribution >= 4 is 17.9 Å². The van der Waals surface area contributed by atoms with Crippen LogP contribution in [0.2, 0.25) is 0 Å². The second-order valence-electron chi connectivity index (χ2n) is 6.15. The molecule has 4 heteroatoms. The molecule has 0 bridgehead atoms. The first-order chi connectivity index (χ1) is 9.40. The average Bonchev–Trinajstić information content (AvgIpc) is 2.86. The van der Waals surface area contributed by atoms with Crippen molar-refractivity contribution in [1.82, 2.24) is 4.90 Å². The molecule has 20 heavy (non-hydrogen) atoms. The highest BCUT2D eigenvalue weighted by atomic mass is 32.2. The van der Waals surface area contributed by atoms with Gasteiger partial charge in [-0.15, -0.1) is 11.8 Å². The van der Waals surface area contributed by atoms with Crippen molar-refractivity contribution < 1.29 is 9.53 Å². The van der Waals surface area contributed by atoms with Gasteiger partial charge in [0.05, 0.1) is 0 Å². The number of hydrogen-bond donors (Lipinski definition) is 0. The zero-order chi connectivity index (χ0) is 14.8. The molecule has 1 atom stereocenters. The molecule has 1 aromatic carbocycles. The van der Waals surface area contributed by atoms with Gasteiger partial charge in [-0.2, -0.15) is 0 Å². The summed E-state index contributed by atoms with van der Waals surface area (Å²) in [7, 11) is 0. The van der Waals surface area contributed by atoms with Crippen LogP contribution >= 0.6 is 11.8 Å². The Balaban J connectivity index is 2.04. The SMILES string of the molecule is CSc1ccccc1C1CCN(C(=O)OC(C)(C)C)C1. The molecule has 0 radical (unpaired) electrons. The van der Waals surface area contributed by atoms with Gasteiger partial charge in [0.2, 0.25) is 0 Å². The maximum atomic E-state index is 12.1. The third-order valence-electron chi connectivity index (χ3n) is 3.42. The molecule has 1 aliphatic heterocycles. The molecule has 3 nitrogen and oxygen atoms in total.